The Balaban J connectivity index is 1.61. The zero-order chi connectivity index (χ0) is 15.3. The molecule has 2 fully saturated rings. The largest absolute Gasteiger partial charge is 0.573 e. The first-order chi connectivity index (χ1) is 9.79. The monoisotopic (exact) mass is 300 g/mol. The summed E-state index contributed by atoms with van der Waals surface area (Å²) in [7, 11) is 0. The van der Waals surface area contributed by atoms with Gasteiger partial charge in [-0.3, -0.25) is 4.79 Å². The molecule has 1 N–H and O–H groups in total. The molecule has 0 aromatic heterocycles. The fourth-order valence-electron chi connectivity index (χ4n) is 3.67. The highest BCUT2D eigenvalue weighted by atomic mass is 19.4. The van der Waals surface area contributed by atoms with Crippen molar-refractivity contribution in [3.8, 4) is 5.75 Å². The molecule has 2 saturated carbocycles. The van der Waals surface area contributed by atoms with Crippen molar-refractivity contribution in [2.45, 2.75) is 38.0 Å². The number of ether oxygens (including phenoxy) is 1. The van der Waals surface area contributed by atoms with Gasteiger partial charge in [0.1, 0.15) is 5.75 Å². The van der Waals surface area contributed by atoms with E-state index in [0.29, 0.717) is 0 Å². The van der Waals surface area contributed by atoms with Gasteiger partial charge >= 0.3 is 12.3 Å². The summed E-state index contributed by atoms with van der Waals surface area (Å²) < 4.78 is 40.1. The van der Waals surface area contributed by atoms with Crippen LogP contribution in [0.1, 0.15) is 37.2 Å². The Morgan fingerprint density at radius 1 is 1.24 bits per heavy atom. The molecule has 114 valence electrons. The van der Waals surface area contributed by atoms with E-state index < -0.39 is 12.3 Å². The van der Waals surface area contributed by atoms with Crippen LogP contribution in [-0.4, -0.2) is 17.4 Å². The number of halogens is 3. The van der Waals surface area contributed by atoms with Crippen molar-refractivity contribution in [1.82, 2.24) is 0 Å². The number of carboxylic acids is 1. The van der Waals surface area contributed by atoms with Gasteiger partial charge in [-0.1, -0.05) is 12.1 Å². The van der Waals surface area contributed by atoms with Gasteiger partial charge in [-0.15, -0.1) is 13.2 Å². The van der Waals surface area contributed by atoms with Gasteiger partial charge in [0.05, 0.1) is 5.92 Å². The van der Waals surface area contributed by atoms with Crippen LogP contribution in [0.15, 0.2) is 24.3 Å². The SMILES string of the molecule is O=C(O)C1CCC12CC(c1ccc(OC(F)(F)F)cc1)C2. The molecule has 21 heavy (non-hydrogen) atoms. The second-order valence-corrected chi connectivity index (χ2v) is 6.01. The van der Waals surface area contributed by atoms with Crippen LogP contribution in [0.5, 0.6) is 5.75 Å². The van der Waals surface area contributed by atoms with Gasteiger partial charge in [0.25, 0.3) is 0 Å². The number of hydrogen-bond donors (Lipinski definition) is 1. The van der Waals surface area contributed by atoms with E-state index in [4.69, 9.17) is 5.11 Å². The van der Waals surface area contributed by atoms with Crippen LogP contribution in [0.4, 0.5) is 13.2 Å². The first kappa shape index (κ1) is 14.2. The predicted molar refractivity (Wildman–Crippen MR) is 67.9 cm³/mol. The summed E-state index contributed by atoms with van der Waals surface area (Å²) >= 11 is 0. The van der Waals surface area contributed by atoms with E-state index in [1.54, 1.807) is 12.1 Å². The standard InChI is InChI=1S/C15H15F3O3/c16-15(17,18)21-11-3-1-9(2-4-11)10-7-14(8-10)6-5-12(14)13(19)20/h1-4,10,12H,5-8H2,(H,19,20). The van der Waals surface area contributed by atoms with E-state index in [9.17, 15) is 18.0 Å². The van der Waals surface area contributed by atoms with Crippen molar-refractivity contribution in [2.24, 2.45) is 11.3 Å². The second kappa shape index (κ2) is 4.64. The summed E-state index contributed by atoms with van der Waals surface area (Å²) in [6.07, 6.45) is -1.38. The lowest BCUT2D eigenvalue weighted by Crippen LogP contribution is -2.52. The molecular weight excluding hydrogens is 285 g/mol. The highest BCUT2D eigenvalue weighted by Crippen LogP contribution is 2.65. The zero-order valence-electron chi connectivity index (χ0n) is 11.2. The third-order valence-electron chi connectivity index (χ3n) is 4.86. The topological polar surface area (TPSA) is 46.5 Å². The van der Waals surface area contributed by atoms with Crippen LogP contribution >= 0.6 is 0 Å². The molecule has 1 aromatic rings. The highest BCUT2D eigenvalue weighted by molar-refractivity contribution is 5.72. The maximum absolute atomic E-state index is 12.1. The molecule has 0 bridgehead atoms. The Morgan fingerprint density at radius 3 is 2.29 bits per heavy atom. The molecule has 3 nitrogen and oxygen atoms in total. The van der Waals surface area contributed by atoms with Crippen LogP contribution < -0.4 is 4.74 Å². The lowest BCUT2D eigenvalue weighted by molar-refractivity contribution is -0.274. The van der Waals surface area contributed by atoms with E-state index in [2.05, 4.69) is 4.74 Å². The third-order valence-corrected chi connectivity index (χ3v) is 4.86. The number of benzene rings is 1. The van der Waals surface area contributed by atoms with E-state index >= 15 is 0 Å². The number of carbonyl (C=O) groups is 1. The Morgan fingerprint density at radius 2 is 1.86 bits per heavy atom. The average molecular weight is 300 g/mol. The maximum Gasteiger partial charge on any atom is 0.573 e. The summed E-state index contributed by atoms with van der Waals surface area (Å²) in [6, 6.07) is 5.88. The molecule has 1 atom stereocenters. The molecule has 2 aliphatic rings. The molecule has 0 saturated heterocycles. The van der Waals surface area contributed by atoms with Gasteiger partial charge in [-0.25, -0.2) is 0 Å². The number of aliphatic carboxylic acids is 1. The lowest BCUT2D eigenvalue weighted by Gasteiger charge is -2.58. The molecule has 6 heteroatoms. The quantitative estimate of drug-likeness (QED) is 0.919. The molecule has 3 rings (SSSR count). The minimum Gasteiger partial charge on any atom is -0.481 e. The fraction of sp³-hybridized carbons (Fsp3) is 0.533. The summed E-state index contributed by atoms with van der Waals surface area (Å²) in [5.41, 5.74) is 0.878. The van der Waals surface area contributed by atoms with Crippen LogP contribution in [0, 0.1) is 11.3 Å². The first-order valence-electron chi connectivity index (χ1n) is 6.88. The molecule has 0 amide bonds. The minimum atomic E-state index is -4.68. The van der Waals surface area contributed by atoms with Gasteiger partial charge in [-0.05, 0) is 54.7 Å². The van der Waals surface area contributed by atoms with Gasteiger partial charge in [-0.2, -0.15) is 0 Å². The number of hydrogen-bond acceptors (Lipinski definition) is 2. The molecule has 1 spiro atoms. The lowest BCUT2D eigenvalue weighted by atomic mass is 9.45. The normalized spacial score (nSPS) is 31.4. The van der Waals surface area contributed by atoms with Gasteiger partial charge in [0.2, 0.25) is 0 Å². The smallest absolute Gasteiger partial charge is 0.481 e. The minimum absolute atomic E-state index is 0.0718. The summed E-state index contributed by atoms with van der Waals surface area (Å²) in [5, 5.41) is 9.11. The molecule has 1 aromatic carbocycles. The second-order valence-electron chi connectivity index (χ2n) is 6.01. The van der Waals surface area contributed by atoms with E-state index in [-0.39, 0.29) is 23.0 Å². The average Bonchev–Trinajstić information content (AvgIpc) is 2.25. The van der Waals surface area contributed by atoms with Crippen molar-refractivity contribution in [1.29, 1.82) is 0 Å². The van der Waals surface area contributed by atoms with Gasteiger partial charge in [0, 0.05) is 0 Å². The van der Waals surface area contributed by atoms with Crippen LogP contribution in [0.2, 0.25) is 0 Å². The summed E-state index contributed by atoms with van der Waals surface area (Å²) in [5.74, 6) is -0.963. The fourth-order valence-corrected chi connectivity index (χ4v) is 3.67. The molecule has 0 aliphatic heterocycles. The Kier molecular flexibility index (Phi) is 3.15. The Labute approximate surface area is 119 Å². The highest BCUT2D eigenvalue weighted by Gasteiger charge is 2.58. The van der Waals surface area contributed by atoms with E-state index in [1.165, 1.54) is 12.1 Å². The van der Waals surface area contributed by atoms with Crippen molar-refractivity contribution in [3.63, 3.8) is 0 Å². The summed E-state index contributed by atoms with van der Waals surface area (Å²) in [6.45, 7) is 0. The summed E-state index contributed by atoms with van der Waals surface area (Å²) in [4.78, 5) is 11.1. The number of rotatable bonds is 3. The van der Waals surface area contributed by atoms with Crippen LogP contribution in [-0.2, 0) is 4.79 Å². The number of alkyl halides is 3. The molecule has 2 aliphatic carbocycles. The van der Waals surface area contributed by atoms with Gasteiger partial charge < -0.3 is 9.84 Å². The first-order valence-corrected chi connectivity index (χ1v) is 6.88. The van der Waals surface area contributed by atoms with Crippen LogP contribution in [0.25, 0.3) is 0 Å². The van der Waals surface area contributed by atoms with Crippen LogP contribution in [0.3, 0.4) is 0 Å². The van der Waals surface area contributed by atoms with Crippen molar-refractivity contribution < 1.29 is 27.8 Å². The zero-order valence-corrected chi connectivity index (χ0v) is 11.2. The molecule has 0 radical (unpaired) electrons. The Hall–Kier alpha value is -1.72. The molecular formula is C15H15F3O3. The maximum atomic E-state index is 12.1. The predicted octanol–water partition coefficient (Wildman–Crippen LogP) is 3.94. The number of carboxylic acid groups (broad SMARTS) is 1. The van der Waals surface area contributed by atoms with Crippen molar-refractivity contribution >= 4 is 5.97 Å². The molecule has 0 heterocycles. The van der Waals surface area contributed by atoms with E-state index in [1.807, 2.05) is 0 Å². The van der Waals surface area contributed by atoms with Crippen molar-refractivity contribution in [3.05, 3.63) is 29.8 Å². The van der Waals surface area contributed by atoms with Crippen molar-refractivity contribution in [2.75, 3.05) is 0 Å². The van der Waals surface area contributed by atoms with E-state index in [0.717, 1.165) is 31.2 Å². The molecule has 1 unspecified atom stereocenters. The van der Waals surface area contributed by atoms with Gasteiger partial charge in [0.15, 0.2) is 0 Å². The Bertz CT molecular complexity index is 544. The third kappa shape index (κ3) is 2.59.